The Kier molecular flexibility index (Phi) is 9.19. The number of allylic oxidation sites excluding steroid dienone is 1. The summed E-state index contributed by atoms with van der Waals surface area (Å²) in [5.41, 5.74) is 2.19. The summed E-state index contributed by atoms with van der Waals surface area (Å²) in [4.78, 5) is 0. The monoisotopic (exact) mass is 562 g/mol. The maximum Gasteiger partial charge on any atom is 0.186 e. The number of rotatable bonds is 8. The molecule has 0 bridgehead atoms. The summed E-state index contributed by atoms with van der Waals surface area (Å²) in [6, 6.07) is 0. The summed E-state index contributed by atoms with van der Waals surface area (Å²) in [5.74, 6) is 5.60. The van der Waals surface area contributed by atoms with Crippen LogP contribution in [0.4, 0.5) is 0 Å². The third-order valence-electron chi connectivity index (χ3n) is 13.2. The summed E-state index contributed by atoms with van der Waals surface area (Å²) in [7, 11) is 0. The van der Waals surface area contributed by atoms with Gasteiger partial charge in [0, 0.05) is 0 Å². The Balaban J connectivity index is 1.24. The van der Waals surface area contributed by atoms with E-state index in [9.17, 15) is 20.4 Å². The van der Waals surface area contributed by atoms with Crippen LogP contribution in [0.3, 0.4) is 0 Å². The maximum atomic E-state index is 10.5. The van der Waals surface area contributed by atoms with Crippen LogP contribution in [0.1, 0.15) is 106 Å². The number of ether oxygens (including phenoxy) is 2. The minimum absolute atomic E-state index is 0.101. The van der Waals surface area contributed by atoms with E-state index < -0.39 is 37.3 Å². The van der Waals surface area contributed by atoms with Crippen molar-refractivity contribution in [1.29, 1.82) is 0 Å². The molecule has 5 rings (SSSR count). The predicted molar refractivity (Wildman–Crippen MR) is 156 cm³/mol. The van der Waals surface area contributed by atoms with Gasteiger partial charge in [-0.15, -0.1) is 0 Å². The second-order valence-corrected chi connectivity index (χ2v) is 15.5. The zero-order valence-corrected chi connectivity index (χ0v) is 26.0. The van der Waals surface area contributed by atoms with Gasteiger partial charge in [-0.25, -0.2) is 0 Å². The molecule has 0 aromatic carbocycles. The quantitative estimate of drug-likeness (QED) is 0.293. The average molecular weight is 563 g/mol. The molecule has 4 N–H and O–H groups in total. The molecule has 1 unspecified atom stereocenters. The first-order valence-electron chi connectivity index (χ1n) is 16.6. The van der Waals surface area contributed by atoms with Gasteiger partial charge in [0.15, 0.2) is 6.29 Å². The summed E-state index contributed by atoms with van der Waals surface area (Å²) in [5, 5.41) is 40.3. The Morgan fingerprint density at radius 1 is 0.925 bits per heavy atom. The lowest BCUT2D eigenvalue weighted by atomic mass is 9.47. The second kappa shape index (κ2) is 11.9. The molecule has 0 radical (unpaired) electrons. The number of aliphatic hydroxyl groups is 4. The smallest absolute Gasteiger partial charge is 0.186 e. The highest BCUT2D eigenvalue weighted by Gasteiger charge is 2.59. The van der Waals surface area contributed by atoms with Crippen molar-refractivity contribution in [3.8, 4) is 0 Å². The zero-order valence-electron chi connectivity index (χ0n) is 26.0. The molecule has 3 saturated carbocycles. The largest absolute Gasteiger partial charge is 0.394 e. The molecule has 4 aliphatic carbocycles. The highest BCUT2D eigenvalue weighted by molar-refractivity contribution is 5.25. The first kappa shape index (κ1) is 30.9. The van der Waals surface area contributed by atoms with E-state index in [0.717, 1.165) is 60.7 Å². The summed E-state index contributed by atoms with van der Waals surface area (Å²) in [6.07, 6.45) is 8.56. The molecule has 1 aliphatic heterocycles. The zero-order chi connectivity index (χ0) is 29.0. The first-order valence-corrected chi connectivity index (χ1v) is 16.6. The van der Waals surface area contributed by atoms with E-state index in [1.165, 1.54) is 50.5 Å². The Bertz CT molecular complexity index is 903. The van der Waals surface area contributed by atoms with Gasteiger partial charge in [-0.3, -0.25) is 0 Å². The average Bonchev–Trinajstić information content (AvgIpc) is 3.29. The van der Waals surface area contributed by atoms with Crippen molar-refractivity contribution in [3.63, 3.8) is 0 Å². The fourth-order valence-corrected chi connectivity index (χ4v) is 10.1. The van der Waals surface area contributed by atoms with Crippen molar-refractivity contribution < 1.29 is 29.9 Å². The topological polar surface area (TPSA) is 99.4 Å². The number of hydrogen-bond acceptors (Lipinski definition) is 6. The van der Waals surface area contributed by atoms with Crippen molar-refractivity contribution in [1.82, 2.24) is 0 Å². The molecular weight excluding hydrogens is 504 g/mol. The summed E-state index contributed by atoms with van der Waals surface area (Å²) in [6.45, 7) is 14.4. The number of fused-ring (bicyclic) bond motifs is 5. The third-order valence-corrected chi connectivity index (χ3v) is 13.2. The Morgan fingerprint density at radius 2 is 1.68 bits per heavy atom. The molecular formula is C34H58O6. The molecule has 1 saturated heterocycles. The van der Waals surface area contributed by atoms with Crippen LogP contribution >= 0.6 is 0 Å². The summed E-state index contributed by atoms with van der Waals surface area (Å²) >= 11 is 0. The fraction of sp³-hybridized carbons (Fsp3) is 0.941. The SMILES string of the molecule is CC(C)[C@@H](C)CC[C@@H](C)[C@H]1CC[C@H]2[C@@H]3CC=C4CC(O[C@@H]5O[C@H](CO)[C@@H](O)[C@H](O)[C@H]5O)CC[C@]4(C)[C@H]3CC[C@]12C. The van der Waals surface area contributed by atoms with Gasteiger partial charge in [0.2, 0.25) is 0 Å². The minimum Gasteiger partial charge on any atom is -0.394 e. The van der Waals surface area contributed by atoms with Crippen LogP contribution in [-0.2, 0) is 9.47 Å². The Morgan fingerprint density at radius 3 is 2.38 bits per heavy atom. The van der Waals surface area contributed by atoms with E-state index in [1.807, 2.05) is 0 Å². The molecule has 6 nitrogen and oxygen atoms in total. The Hall–Kier alpha value is -0.500. The third kappa shape index (κ3) is 5.36. The number of hydrogen-bond donors (Lipinski definition) is 4. The van der Waals surface area contributed by atoms with Crippen molar-refractivity contribution >= 4 is 0 Å². The molecule has 0 spiro atoms. The van der Waals surface area contributed by atoms with Crippen molar-refractivity contribution in [2.24, 2.45) is 52.3 Å². The van der Waals surface area contributed by atoms with Crippen LogP contribution in [-0.4, -0.2) is 63.8 Å². The van der Waals surface area contributed by atoms with Gasteiger partial charge in [-0.05, 0) is 104 Å². The van der Waals surface area contributed by atoms with Gasteiger partial charge in [-0.2, -0.15) is 0 Å². The molecule has 0 amide bonds. The highest BCUT2D eigenvalue weighted by atomic mass is 16.7. The lowest BCUT2D eigenvalue weighted by Gasteiger charge is -2.58. The molecule has 0 aromatic heterocycles. The minimum atomic E-state index is -1.40. The lowest BCUT2D eigenvalue weighted by molar-refractivity contribution is -0.313. The maximum absolute atomic E-state index is 10.5. The van der Waals surface area contributed by atoms with Gasteiger partial charge < -0.3 is 29.9 Å². The van der Waals surface area contributed by atoms with Gasteiger partial charge in [0.25, 0.3) is 0 Å². The van der Waals surface area contributed by atoms with Gasteiger partial charge >= 0.3 is 0 Å². The van der Waals surface area contributed by atoms with Crippen LogP contribution < -0.4 is 0 Å². The predicted octanol–water partition coefficient (Wildman–Crippen LogP) is 5.46. The molecule has 40 heavy (non-hydrogen) atoms. The summed E-state index contributed by atoms with van der Waals surface area (Å²) < 4.78 is 11.9. The standard InChI is InChI=1S/C34H58O6/c1-19(2)20(3)7-8-21(4)25-11-12-26-24-10-9-22-17-23(13-15-33(22,5)27(24)14-16-34(25,26)6)39-32-31(38)30(37)29(36)28(18-35)40-32/h9,19-21,23-32,35-38H,7-8,10-18H2,1-6H3/t20-,21+,23?,24-,25+,26-,27-,28+,29+,30-,31+,32+,33-,34+/m0/s1. The van der Waals surface area contributed by atoms with Crippen molar-refractivity contribution in [2.45, 2.75) is 143 Å². The van der Waals surface area contributed by atoms with Crippen LogP contribution in [0.15, 0.2) is 11.6 Å². The van der Waals surface area contributed by atoms with Crippen LogP contribution in [0.25, 0.3) is 0 Å². The normalized spacial score (nSPS) is 48.6. The van der Waals surface area contributed by atoms with Crippen molar-refractivity contribution in [2.75, 3.05) is 6.61 Å². The van der Waals surface area contributed by atoms with E-state index in [1.54, 1.807) is 0 Å². The first-order chi connectivity index (χ1) is 18.9. The van der Waals surface area contributed by atoms with Gasteiger partial charge in [0.05, 0.1) is 12.7 Å². The van der Waals surface area contributed by atoms with Crippen LogP contribution in [0, 0.1) is 52.3 Å². The van der Waals surface area contributed by atoms with Crippen LogP contribution in [0.2, 0.25) is 0 Å². The van der Waals surface area contributed by atoms with E-state index in [0.29, 0.717) is 5.41 Å². The van der Waals surface area contributed by atoms with E-state index >= 15 is 0 Å². The van der Waals surface area contributed by atoms with Crippen LogP contribution in [0.5, 0.6) is 0 Å². The molecule has 14 atom stereocenters. The van der Waals surface area contributed by atoms with E-state index in [-0.39, 0.29) is 11.5 Å². The molecule has 0 aromatic rings. The van der Waals surface area contributed by atoms with Crippen molar-refractivity contribution in [3.05, 3.63) is 11.6 Å². The second-order valence-electron chi connectivity index (χ2n) is 15.5. The molecule has 6 heteroatoms. The Labute approximate surface area is 242 Å². The van der Waals surface area contributed by atoms with Gasteiger partial charge in [0.1, 0.15) is 24.4 Å². The highest BCUT2D eigenvalue weighted by Crippen LogP contribution is 2.67. The fourth-order valence-electron chi connectivity index (χ4n) is 10.1. The molecule has 230 valence electrons. The number of aliphatic hydroxyl groups excluding tert-OH is 4. The van der Waals surface area contributed by atoms with Gasteiger partial charge in [-0.1, -0.05) is 66.0 Å². The van der Waals surface area contributed by atoms with E-state index in [2.05, 4.69) is 47.6 Å². The van der Waals surface area contributed by atoms with E-state index in [4.69, 9.17) is 9.47 Å². The lowest BCUT2D eigenvalue weighted by Crippen LogP contribution is -2.60. The molecule has 4 fully saturated rings. The molecule has 5 aliphatic rings. The molecule has 1 heterocycles.